The monoisotopic (exact) mass is 311 g/mol. The van der Waals surface area contributed by atoms with Gasteiger partial charge in [0.25, 0.3) is 0 Å². The molecule has 1 saturated carbocycles. The molecule has 0 spiro atoms. The first-order chi connectivity index (χ1) is 11.4. The maximum Gasteiger partial charge on any atom is 0.0695 e. The fraction of sp³-hybridized carbons (Fsp3) is 0.636. The van der Waals surface area contributed by atoms with Crippen molar-refractivity contribution in [1.29, 1.82) is 0 Å². The maximum atomic E-state index is 3.88. The summed E-state index contributed by atoms with van der Waals surface area (Å²) in [4.78, 5) is 0. The van der Waals surface area contributed by atoms with Crippen LogP contribution in [0.5, 0.6) is 0 Å². The number of unbranched alkanes of at least 4 members (excludes halogenated alkanes) is 2. The van der Waals surface area contributed by atoms with E-state index in [1.807, 2.05) is 0 Å². The van der Waals surface area contributed by atoms with Crippen LogP contribution in [0.25, 0.3) is 0 Å². The Morgan fingerprint density at radius 2 is 1.70 bits per heavy atom. The molecule has 1 nitrogen and oxygen atoms in total. The van der Waals surface area contributed by atoms with Gasteiger partial charge in [0.1, 0.15) is 0 Å². The Labute approximate surface area is 143 Å². The fourth-order valence-electron chi connectivity index (χ4n) is 3.39. The number of rotatable bonds is 6. The Kier molecular flexibility index (Phi) is 8.89. The minimum absolute atomic E-state index is 0.353. The smallest absolute Gasteiger partial charge is 0.0695 e. The van der Waals surface area contributed by atoms with Gasteiger partial charge in [-0.2, -0.15) is 0 Å². The molecule has 1 aliphatic carbocycles. The van der Waals surface area contributed by atoms with E-state index < -0.39 is 0 Å². The standard InChI is InChI=1S/C22H33N/c1-2-3-8-15-22(19-18-20-13-9-7-10-14-20)23-21-16-11-5-4-6-12-17-21/h7,9-10,13-14,21-23H,2-6,8,11-12,15-17H2,1H3. The molecule has 0 heterocycles. The van der Waals surface area contributed by atoms with E-state index in [-0.39, 0.29) is 0 Å². The van der Waals surface area contributed by atoms with Gasteiger partial charge in [0.05, 0.1) is 6.04 Å². The van der Waals surface area contributed by atoms with Crippen molar-refractivity contribution in [3.63, 3.8) is 0 Å². The second kappa shape index (κ2) is 11.3. The highest BCUT2D eigenvalue weighted by molar-refractivity contribution is 5.34. The summed E-state index contributed by atoms with van der Waals surface area (Å²) in [6, 6.07) is 11.4. The number of nitrogens with one attached hydrogen (secondary N) is 1. The van der Waals surface area contributed by atoms with Gasteiger partial charge in [0.15, 0.2) is 0 Å². The largest absolute Gasteiger partial charge is 0.301 e. The summed E-state index contributed by atoms with van der Waals surface area (Å²) >= 11 is 0. The van der Waals surface area contributed by atoms with Gasteiger partial charge in [0.2, 0.25) is 0 Å². The fourth-order valence-corrected chi connectivity index (χ4v) is 3.39. The minimum atomic E-state index is 0.353. The van der Waals surface area contributed by atoms with Gasteiger partial charge < -0.3 is 5.32 Å². The first-order valence-electron chi connectivity index (χ1n) is 9.71. The van der Waals surface area contributed by atoms with Crippen LogP contribution in [0.4, 0.5) is 0 Å². The summed E-state index contributed by atoms with van der Waals surface area (Å²) in [7, 11) is 0. The SMILES string of the molecule is CCCCCC(C#Cc1ccccc1)NC1CCCCCCC1. The molecule has 0 bridgehead atoms. The summed E-state index contributed by atoms with van der Waals surface area (Å²) in [6.45, 7) is 2.27. The van der Waals surface area contributed by atoms with E-state index in [0.29, 0.717) is 12.1 Å². The predicted molar refractivity (Wildman–Crippen MR) is 100 cm³/mol. The van der Waals surface area contributed by atoms with Crippen LogP contribution in [0, 0.1) is 11.8 Å². The van der Waals surface area contributed by atoms with E-state index in [9.17, 15) is 0 Å². The van der Waals surface area contributed by atoms with Gasteiger partial charge in [-0.25, -0.2) is 0 Å². The van der Waals surface area contributed by atoms with Crippen molar-refractivity contribution in [2.75, 3.05) is 0 Å². The molecule has 1 unspecified atom stereocenters. The lowest BCUT2D eigenvalue weighted by molar-refractivity contribution is 0.364. The number of hydrogen-bond acceptors (Lipinski definition) is 1. The molecule has 0 amide bonds. The van der Waals surface area contributed by atoms with Crippen molar-refractivity contribution in [3.05, 3.63) is 35.9 Å². The summed E-state index contributed by atoms with van der Waals surface area (Å²) in [5.41, 5.74) is 1.13. The van der Waals surface area contributed by atoms with Crippen molar-refractivity contribution < 1.29 is 0 Å². The van der Waals surface area contributed by atoms with E-state index in [1.54, 1.807) is 0 Å². The third-order valence-electron chi connectivity index (χ3n) is 4.80. The lowest BCUT2D eigenvalue weighted by Crippen LogP contribution is -2.38. The molecule has 1 N–H and O–H groups in total. The van der Waals surface area contributed by atoms with Crippen LogP contribution >= 0.6 is 0 Å². The molecular formula is C22H33N. The predicted octanol–water partition coefficient (Wildman–Crippen LogP) is 5.69. The molecule has 0 radical (unpaired) electrons. The molecule has 0 aliphatic heterocycles. The van der Waals surface area contributed by atoms with Crippen LogP contribution in [0.15, 0.2) is 30.3 Å². The second-order valence-electron chi connectivity index (χ2n) is 6.89. The first-order valence-corrected chi connectivity index (χ1v) is 9.71. The molecule has 1 atom stereocenters. The van der Waals surface area contributed by atoms with E-state index in [0.717, 1.165) is 5.56 Å². The topological polar surface area (TPSA) is 12.0 Å². The quantitative estimate of drug-likeness (QED) is 0.525. The van der Waals surface area contributed by atoms with Crippen LogP contribution in [0.1, 0.15) is 83.1 Å². The average molecular weight is 312 g/mol. The van der Waals surface area contributed by atoms with Crippen molar-refractivity contribution in [1.82, 2.24) is 5.32 Å². The van der Waals surface area contributed by atoms with Gasteiger partial charge in [-0.1, -0.05) is 88.3 Å². The molecule has 2 rings (SSSR count). The van der Waals surface area contributed by atoms with Crippen molar-refractivity contribution in [2.24, 2.45) is 0 Å². The molecule has 1 fully saturated rings. The normalized spacial score (nSPS) is 17.6. The van der Waals surface area contributed by atoms with E-state index in [2.05, 4.69) is 54.4 Å². The third kappa shape index (κ3) is 7.71. The molecule has 126 valence electrons. The Morgan fingerprint density at radius 3 is 2.39 bits per heavy atom. The first kappa shape index (κ1) is 18.1. The molecular weight excluding hydrogens is 278 g/mol. The Balaban J connectivity index is 1.93. The third-order valence-corrected chi connectivity index (χ3v) is 4.80. The summed E-state index contributed by atoms with van der Waals surface area (Å²) in [5.74, 6) is 6.89. The highest BCUT2D eigenvalue weighted by Gasteiger charge is 2.15. The second-order valence-corrected chi connectivity index (χ2v) is 6.89. The molecule has 0 aromatic heterocycles. The van der Waals surface area contributed by atoms with Crippen LogP contribution in [0.3, 0.4) is 0 Å². The average Bonchev–Trinajstić information content (AvgIpc) is 2.55. The highest BCUT2D eigenvalue weighted by Crippen LogP contribution is 2.18. The zero-order chi connectivity index (χ0) is 16.2. The van der Waals surface area contributed by atoms with Crippen molar-refractivity contribution in [2.45, 2.75) is 89.6 Å². The Morgan fingerprint density at radius 1 is 1.00 bits per heavy atom. The van der Waals surface area contributed by atoms with Gasteiger partial charge in [0, 0.05) is 11.6 Å². The molecule has 23 heavy (non-hydrogen) atoms. The summed E-state index contributed by atoms with van der Waals surface area (Å²) in [6.07, 6.45) is 14.7. The van der Waals surface area contributed by atoms with Crippen LogP contribution in [-0.4, -0.2) is 12.1 Å². The molecule has 0 saturated heterocycles. The molecule has 1 aromatic carbocycles. The van der Waals surface area contributed by atoms with Crippen LogP contribution in [-0.2, 0) is 0 Å². The number of hydrogen-bond donors (Lipinski definition) is 1. The van der Waals surface area contributed by atoms with Crippen LogP contribution in [0.2, 0.25) is 0 Å². The summed E-state index contributed by atoms with van der Waals surface area (Å²) < 4.78 is 0. The van der Waals surface area contributed by atoms with Gasteiger partial charge in [-0.15, -0.1) is 0 Å². The van der Waals surface area contributed by atoms with Crippen LogP contribution < -0.4 is 5.32 Å². The van der Waals surface area contributed by atoms with Crippen molar-refractivity contribution in [3.8, 4) is 11.8 Å². The highest BCUT2D eigenvalue weighted by atomic mass is 14.9. The van der Waals surface area contributed by atoms with Gasteiger partial charge in [-0.3, -0.25) is 0 Å². The molecule has 1 heteroatoms. The van der Waals surface area contributed by atoms with Crippen molar-refractivity contribution >= 4 is 0 Å². The minimum Gasteiger partial charge on any atom is -0.301 e. The van der Waals surface area contributed by atoms with Gasteiger partial charge in [-0.05, 0) is 31.4 Å². The Hall–Kier alpha value is -1.26. The van der Waals surface area contributed by atoms with E-state index in [4.69, 9.17) is 0 Å². The lowest BCUT2D eigenvalue weighted by Gasteiger charge is -2.24. The lowest BCUT2D eigenvalue weighted by atomic mass is 9.95. The maximum absolute atomic E-state index is 3.88. The molecule has 1 aliphatic rings. The van der Waals surface area contributed by atoms with E-state index in [1.165, 1.54) is 70.6 Å². The Bertz CT molecular complexity index is 460. The zero-order valence-electron chi connectivity index (χ0n) is 14.8. The molecule has 1 aromatic rings. The zero-order valence-corrected chi connectivity index (χ0v) is 14.8. The summed E-state index contributed by atoms with van der Waals surface area (Å²) in [5, 5.41) is 3.88. The van der Waals surface area contributed by atoms with E-state index >= 15 is 0 Å². The van der Waals surface area contributed by atoms with Gasteiger partial charge >= 0.3 is 0 Å². The number of benzene rings is 1.